The van der Waals surface area contributed by atoms with Crippen LogP contribution in [0.25, 0.3) is 11.1 Å². The largest absolute Gasteiger partial charge is 0.441 e. The highest BCUT2D eigenvalue weighted by Crippen LogP contribution is 2.33. The number of cyclic esters (lactones) is 1. The van der Waals surface area contributed by atoms with E-state index in [1.807, 2.05) is 23.1 Å². The minimum atomic E-state index is -0.593. The number of fused-ring (bicyclic) bond motifs is 1. The van der Waals surface area contributed by atoms with Gasteiger partial charge in [-0.25, -0.2) is 9.18 Å². The number of benzene rings is 2. The van der Waals surface area contributed by atoms with Crippen LogP contribution in [0, 0.1) is 5.82 Å². The molecule has 146 valence electrons. The third-order valence-electron chi connectivity index (χ3n) is 5.12. The molecule has 8 heteroatoms. The van der Waals surface area contributed by atoms with Crippen molar-refractivity contribution in [3.8, 4) is 11.1 Å². The van der Waals surface area contributed by atoms with Crippen LogP contribution in [0.15, 0.2) is 48.4 Å². The SMILES string of the molecule is N/C=C(\N)N1Cc2ccc(-c3ccc(N4CC(CO)OC4=O)cc3F)cc2C1. The molecular weight excluding hydrogens is 363 g/mol. The van der Waals surface area contributed by atoms with Gasteiger partial charge in [0, 0.05) is 24.9 Å². The van der Waals surface area contributed by atoms with E-state index in [1.165, 1.54) is 17.2 Å². The molecule has 4 rings (SSSR count). The molecule has 0 radical (unpaired) electrons. The maximum atomic E-state index is 14.8. The number of nitrogens with two attached hydrogens (primary N) is 2. The van der Waals surface area contributed by atoms with Crippen molar-refractivity contribution in [1.29, 1.82) is 0 Å². The number of anilines is 1. The Hall–Kier alpha value is -3.26. The Kier molecular flexibility index (Phi) is 4.56. The molecule has 2 aliphatic heterocycles. The summed E-state index contributed by atoms with van der Waals surface area (Å²) in [6, 6.07) is 10.4. The average Bonchev–Trinajstić information content (AvgIpc) is 3.29. The third kappa shape index (κ3) is 3.11. The summed E-state index contributed by atoms with van der Waals surface area (Å²) in [5.41, 5.74) is 15.2. The van der Waals surface area contributed by atoms with Crippen molar-refractivity contribution < 1.29 is 19.0 Å². The molecule has 1 saturated heterocycles. The Labute approximate surface area is 161 Å². The van der Waals surface area contributed by atoms with E-state index in [4.69, 9.17) is 21.3 Å². The lowest BCUT2D eigenvalue weighted by Crippen LogP contribution is -2.25. The Bertz CT molecular complexity index is 962. The standard InChI is InChI=1S/C20H21FN4O3/c21-18-6-15(25-10-16(11-26)28-20(25)27)3-4-17(18)12-1-2-13-8-24(19(23)7-22)9-14(13)5-12/h1-7,16,26H,8-11,22-23H2/b19-7+. The zero-order valence-corrected chi connectivity index (χ0v) is 15.1. The summed E-state index contributed by atoms with van der Waals surface area (Å²) in [5.74, 6) is 0.0703. The van der Waals surface area contributed by atoms with Crippen LogP contribution in [-0.4, -0.2) is 35.4 Å². The fraction of sp³-hybridized carbons (Fsp3) is 0.250. The summed E-state index contributed by atoms with van der Waals surface area (Å²) in [4.78, 5) is 15.2. The lowest BCUT2D eigenvalue weighted by Gasteiger charge is -2.16. The molecule has 0 aliphatic carbocycles. The molecule has 1 fully saturated rings. The van der Waals surface area contributed by atoms with Crippen molar-refractivity contribution in [3.63, 3.8) is 0 Å². The first-order valence-corrected chi connectivity index (χ1v) is 8.93. The zero-order valence-electron chi connectivity index (χ0n) is 15.1. The smallest absolute Gasteiger partial charge is 0.414 e. The van der Waals surface area contributed by atoms with Gasteiger partial charge in [-0.1, -0.05) is 12.1 Å². The minimum absolute atomic E-state index is 0.193. The van der Waals surface area contributed by atoms with Gasteiger partial charge in [0.1, 0.15) is 17.7 Å². The molecule has 1 atom stereocenters. The van der Waals surface area contributed by atoms with E-state index in [0.29, 0.717) is 30.2 Å². The van der Waals surface area contributed by atoms with E-state index >= 15 is 0 Å². The molecule has 1 amide bonds. The van der Waals surface area contributed by atoms with Crippen LogP contribution < -0.4 is 16.4 Å². The van der Waals surface area contributed by atoms with Gasteiger partial charge < -0.3 is 26.2 Å². The van der Waals surface area contributed by atoms with Gasteiger partial charge in [0.05, 0.1) is 18.8 Å². The second kappa shape index (κ2) is 7.05. The predicted octanol–water partition coefficient (Wildman–Crippen LogP) is 1.84. The number of ether oxygens (including phenoxy) is 1. The van der Waals surface area contributed by atoms with Crippen molar-refractivity contribution in [2.45, 2.75) is 19.2 Å². The number of nitrogens with zero attached hydrogens (tertiary/aromatic N) is 2. The monoisotopic (exact) mass is 384 g/mol. The van der Waals surface area contributed by atoms with Gasteiger partial charge in [0.25, 0.3) is 0 Å². The molecule has 0 saturated carbocycles. The van der Waals surface area contributed by atoms with Crippen LogP contribution >= 0.6 is 0 Å². The first-order valence-electron chi connectivity index (χ1n) is 8.93. The molecular formula is C20H21FN4O3. The van der Waals surface area contributed by atoms with Gasteiger partial charge in [-0.15, -0.1) is 0 Å². The third-order valence-corrected chi connectivity index (χ3v) is 5.12. The van der Waals surface area contributed by atoms with Crippen molar-refractivity contribution in [2.24, 2.45) is 11.5 Å². The second-order valence-corrected chi connectivity index (χ2v) is 6.89. The van der Waals surface area contributed by atoms with Gasteiger partial charge in [0.15, 0.2) is 0 Å². The number of rotatable bonds is 4. The molecule has 5 N–H and O–H groups in total. The second-order valence-electron chi connectivity index (χ2n) is 6.89. The summed E-state index contributed by atoms with van der Waals surface area (Å²) in [7, 11) is 0. The van der Waals surface area contributed by atoms with Crippen LogP contribution in [-0.2, 0) is 17.8 Å². The molecule has 0 aromatic heterocycles. The van der Waals surface area contributed by atoms with E-state index in [0.717, 1.165) is 16.7 Å². The summed E-state index contributed by atoms with van der Waals surface area (Å²) in [5, 5.41) is 9.14. The molecule has 1 unspecified atom stereocenters. The molecule has 2 aromatic rings. The van der Waals surface area contributed by atoms with Gasteiger partial charge in [-0.3, -0.25) is 4.90 Å². The number of hydrogen-bond acceptors (Lipinski definition) is 6. The lowest BCUT2D eigenvalue weighted by atomic mass is 10.00. The van der Waals surface area contributed by atoms with Gasteiger partial charge in [-0.05, 0) is 41.0 Å². The number of halogens is 1. The van der Waals surface area contributed by atoms with E-state index < -0.39 is 18.0 Å². The number of amides is 1. The van der Waals surface area contributed by atoms with E-state index in [9.17, 15) is 9.18 Å². The van der Waals surface area contributed by atoms with Gasteiger partial charge in [-0.2, -0.15) is 0 Å². The van der Waals surface area contributed by atoms with Crippen LogP contribution in [0.3, 0.4) is 0 Å². The number of aliphatic hydroxyl groups excluding tert-OH is 1. The number of carbonyl (C=O) groups excluding carboxylic acids is 1. The van der Waals surface area contributed by atoms with Crippen LogP contribution in [0.5, 0.6) is 0 Å². The predicted molar refractivity (Wildman–Crippen MR) is 102 cm³/mol. The molecule has 2 aliphatic rings. The Balaban J connectivity index is 1.59. The fourth-order valence-corrected chi connectivity index (χ4v) is 3.58. The Morgan fingerprint density at radius 3 is 2.71 bits per heavy atom. The zero-order chi connectivity index (χ0) is 19.8. The first kappa shape index (κ1) is 18.1. The summed E-state index contributed by atoms with van der Waals surface area (Å²) in [6.07, 6.45) is 0.190. The molecule has 0 spiro atoms. The highest BCUT2D eigenvalue weighted by molar-refractivity contribution is 5.90. The highest BCUT2D eigenvalue weighted by Gasteiger charge is 2.32. The minimum Gasteiger partial charge on any atom is -0.441 e. The van der Waals surface area contributed by atoms with Crippen molar-refractivity contribution in [1.82, 2.24) is 4.90 Å². The summed E-state index contributed by atoms with van der Waals surface area (Å²) >= 11 is 0. The van der Waals surface area contributed by atoms with Gasteiger partial charge in [0.2, 0.25) is 0 Å². The number of carbonyl (C=O) groups is 1. The van der Waals surface area contributed by atoms with Crippen LogP contribution in [0.4, 0.5) is 14.9 Å². The molecule has 2 heterocycles. The highest BCUT2D eigenvalue weighted by atomic mass is 19.1. The molecule has 28 heavy (non-hydrogen) atoms. The quantitative estimate of drug-likeness (QED) is 0.743. The molecule has 0 bridgehead atoms. The molecule has 7 nitrogen and oxygen atoms in total. The lowest BCUT2D eigenvalue weighted by molar-refractivity contribution is 0.0963. The van der Waals surface area contributed by atoms with Crippen molar-refractivity contribution in [3.05, 3.63) is 65.4 Å². The topological polar surface area (TPSA) is 105 Å². The normalized spacial score (nSPS) is 19.1. The Morgan fingerprint density at radius 2 is 2.04 bits per heavy atom. The fourth-order valence-electron chi connectivity index (χ4n) is 3.58. The maximum Gasteiger partial charge on any atom is 0.414 e. The van der Waals surface area contributed by atoms with E-state index in [1.54, 1.807) is 12.1 Å². The van der Waals surface area contributed by atoms with E-state index in [-0.39, 0.29) is 13.2 Å². The molecule has 2 aromatic carbocycles. The van der Waals surface area contributed by atoms with Crippen molar-refractivity contribution in [2.75, 3.05) is 18.1 Å². The number of aliphatic hydroxyl groups is 1. The van der Waals surface area contributed by atoms with Gasteiger partial charge >= 0.3 is 6.09 Å². The number of hydrogen-bond donors (Lipinski definition) is 3. The first-order chi connectivity index (χ1) is 13.5. The van der Waals surface area contributed by atoms with E-state index in [2.05, 4.69) is 0 Å². The van der Waals surface area contributed by atoms with Crippen molar-refractivity contribution >= 4 is 11.8 Å². The summed E-state index contributed by atoms with van der Waals surface area (Å²) < 4.78 is 19.8. The summed E-state index contributed by atoms with van der Waals surface area (Å²) in [6.45, 7) is 1.21. The average molecular weight is 384 g/mol. The van der Waals surface area contributed by atoms with Crippen LogP contribution in [0.1, 0.15) is 11.1 Å². The Morgan fingerprint density at radius 1 is 1.25 bits per heavy atom. The van der Waals surface area contributed by atoms with Crippen LogP contribution in [0.2, 0.25) is 0 Å². The maximum absolute atomic E-state index is 14.8.